The standard InChI is InChI=1S/C21H31N3O3/c1-14(2)8-19(25)23-10-16-17-12-24(13-21(17)6-4-18(16)27-21)11-15-5-7-22-20(9-15)26-3/h5,7,9,14,16-18H,4,6,8,10-13H2,1-3H3,(H,23,25)/t16-,17+,18+,21+/m0/s1. The molecule has 4 rings (SSSR count). The number of methoxy groups -OCH3 is 1. The van der Waals surface area contributed by atoms with Gasteiger partial charge in [0.1, 0.15) is 0 Å². The van der Waals surface area contributed by atoms with Crippen LogP contribution in [0.5, 0.6) is 5.88 Å². The Labute approximate surface area is 161 Å². The summed E-state index contributed by atoms with van der Waals surface area (Å²) in [6, 6.07) is 4.06. The second-order valence-corrected chi connectivity index (χ2v) is 8.81. The fraction of sp³-hybridized carbons (Fsp3) is 0.714. The lowest BCUT2D eigenvalue weighted by Crippen LogP contribution is -2.42. The predicted octanol–water partition coefficient (Wildman–Crippen LogP) is 2.23. The van der Waals surface area contributed by atoms with Crippen molar-refractivity contribution in [2.75, 3.05) is 26.7 Å². The summed E-state index contributed by atoms with van der Waals surface area (Å²) in [7, 11) is 1.65. The maximum atomic E-state index is 12.1. The molecule has 3 aliphatic rings. The number of ether oxygens (including phenoxy) is 2. The van der Waals surface area contributed by atoms with E-state index < -0.39 is 0 Å². The zero-order chi connectivity index (χ0) is 19.0. The van der Waals surface area contributed by atoms with Gasteiger partial charge in [0, 0.05) is 56.7 Å². The lowest BCUT2D eigenvalue weighted by atomic mass is 9.73. The molecule has 0 aliphatic carbocycles. The van der Waals surface area contributed by atoms with Crippen LogP contribution in [0.15, 0.2) is 18.3 Å². The van der Waals surface area contributed by atoms with Gasteiger partial charge in [-0.3, -0.25) is 9.69 Å². The molecule has 2 bridgehead atoms. The minimum Gasteiger partial charge on any atom is -0.481 e. The molecule has 27 heavy (non-hydrogen) atoms. The van der Waals surface area contributed by atoms with Crippen LogP contribution in [0.25, 0.3) is 0 Å². The minimum atomic E-state index is -0.00474. The number of rotatable bonds is 7. The van der Waals surface area contributed by atoms with Crippen LogP contribution in [-0.2, 0) is 16.1 Å². The largest absolute Gasteiger partial charge is 0.481 e. The van der Waals surface area contributed by atoms with Crippen molar-refractivity contribution in [2.45, 2.75) is 51.4 Å². The van der Waals surface area contributed by atoms with Crippen LogP contribution in [0, 0.1) is 17.8 Å². The highest BCUT2D eigenvalue weighted by Crippen LogP contribution is 2.54. The maximum absolute atomic E-state index is 12.1. The number of aromatic nitrogens is 1. The van der Waals surface area contributed by atoms with Crippen molar-refractivity contribution in [1.82, 2.24) is 15.2 Å². The predicted molar refractivity (Wildman–Crippen MR) is 102 cm³/mol. The molecule has 3 aliphatic heterocycles. The van der Waals surface area contributed by atoms with Gasteiger partial charge in [-0.15, -0.1) is 0 Å². The second kappa shape index (κ2) is 7.40. The Morgan fingerprint density at radius 3 is 3.15 bits per heavy atom. The Morgan fingerprint density at radius 1 is 1.52 bits per heavy atom. The van der Waals surface area contributed by atoms with Gasteiger partial charge in [0.05, 0.1) is 18.8 Å². The molecule has 0 unspecified atom stereocenters. The maximum Gasteiger partial charge on any atom is 0.220 e. The van der Waals surface area contributed by atoms with Crippen molar-refractivity contribution >= 4 is 5.91 Å². The highest BCUT2D eigenvalue weighted by atomic mass is 16.5. The average molecular weight is 373 g/mol. The zero-order valence-corrected chi connectivity index (χ0v) is 16.6. The first-order valence-corrected chi connectivity index (χ1v) is 10.1. The lowest BCUT2D eigenvalue weighted by molar-refractivity contribution is -0.122. The summed E-state index contributed by atoms with van der Waals surface area (Å²) < 4.78 is 11.7. The van der Waals surface area contributed by atoms with Crippen LogP contribution in [0.4, 0.5) is 0 Å². The zero-order valence-electron chi connectivity index (χ0n) is 16.6. The number of nitrogens with zero attached hydrogens (tertiary/aromatic N) is 2. The van der Waals surface area contributed by atoms with Gasteiger partial charge in [-0.2, -0.15) is 0 Å². The molecule has 1 aromatic rings. The third-order valence-corrected chi connectivity index (χ3v) is 6.40. The van der Waals surface area contributed by atoms with E-state index in [9.17, 15) is 4.79 Å². The first-order valence-electron chi connectivity index (χ1n) is 10.1. The van der Waals surface area contributed by atoms with E-state index in [1.165, 1.54) is 5.56 Å². The summed E-state index contributed by atoms with van der Waals surface area (Å²) in [5, 5.41) is 3.17. The molecular weight excluding hydrogens is 342 g/mol. The Hall–Kier alpha value is -1.66. The van der Waals surface area contributed by atoms with E-state index in [1.54, 1.807) is 13.3 Å². The van der Waals surface area contributed by atoms with Gasteiger partial charge in [0.25, 0.3) is 0 Å². The third-order valence-electron chi connectivity index (χ3n) is 6.40. The first-order chi connectivity index (χ1) is 13.0. The number of likely N-dealkylation sites (tertiary alicyclic amines) is 1. The number of pyridine rings is 1. The summed E-state index contributed by atoms with van der Waals surface area (Å²) in [6.07, 6.45) is 4.99. The van der Waals surface area contributed by atoms with Gasteiger partial charge < -0.3 is 14.8 Å². The van der Waals surface area contributed by atoms with Crippen LogP contribution in [0.3, 0.4) is 0 Å². The normalized spacial score (nSPS) is 32.1. The highest BCUT2D eigenvalue weighted by molar-refractivity contribution is 5.76. The van der Waals surface area contributed by atoms with E-state index in [1.807, 2.05) is 6.07 Å². The SMILES string of the molecule is COc1cc(CN2C[C@@H]3[C@H](CNC(=O)CC(C)C)[C@H]4CC[C@]3(C2)O4)ccn1. The smallest absolute Gasteiger partial charge is 0.220 e. The van der Waals surface area contributed by atoms with Gasteiger partial charge in [-0.1, -0.05) is 13.8 Å². The van der Waals surface area contributed by atoms with E-state index in [-0.39, 0.29) is 11.5 Å². The molecule has 4 atom stereocenters. The molecule has 3 fully saturated rings. The number of carbonyl (C=O) groups excluding carboxylic acids is 1. The van der Waals surface area contributed by atoms with E-state index >= 15 is 0 Å². The molecular formula is C21H31N3O3. The Morgan fingerprint density at radius 2 is 2.37 bits per heavy atom. The van der Waals surface area contributed by atoms with Crippen LogP contribution < -0.4 is 10.1 Å². The van der Waals surface area contributed by atoms with Crippen molar-refractivity contribution < 1.29 is 14.3 Å². The number of hydrogen-bond acceptors (Lipinski definition) is 5. The Kier molecular flexibility index (Phi) is 5.12. The van der Waals surface area contributed by atoms with Crippen LogP contribution in [0.2, 0.25) is 0 Å². The summed E-state index contributed by atoms with van der Waals surface area (Å²) in [5.41, 5.74) is 1.21. The van der Waals surface area contributed by atoms with Gasteiger partial charge in [0.15, 0.2) is 0 Å². The molecule has 6 heteroatoms. The average Bonchev–Trinajstić information content (AvgIpc) is 3.27. The molecule has 4 heterocycles. The van der Waals surface area contributed by atoms with Crippen LogP contribution in [0.1, 0.15) is 38.7 Å². The molecule has 0 saturated carbocycles. The number of nitrogens with one attached hydrogen (secondary N) is 1. The number of amides is 1. The van der Waals surface area contributed by atoms with Crippen LogP contribution in [-0.4, -0.2) is 54.2 Å². The summed E-state index contributed by atoms with van der Waals surface area (Å²) >= 11 is 0. The molecule has 6 nitrogen and oxygen atoms in total. The fourth-order valence-electron chi connectivity index (χ4n) is 5.27. The topological polar surface area (TPSA) is 63.7 Å². The molecule has 0 radical (unpaired) electrons. The van der Waals surface area contributed by atoms with Crippen molar-refractivity contribution in [1.29, 1.82) is 0 Å². The van der Waals surface area contributed by atoms with E-state index in [0.29, 0.717) is 36.2 Å². The molecule has 3 saturated heterocycles. The molecule has 1 N–H and O–H groups in total. The van der Waals surface area contributed by atoms with Crippen molar-refractivity contribution in [3.63, 3.8) is 0 Å². The molecule has 1 aromatic heterocycles. The second-order valence-electron chi connectivity index (χ2n) is 8.81. The fourth-order valence-corrected chi connectivity index (χ4v) is 5.27. The van der Waals surface area contributed by atoms with Crippen molar-refractivity contribution in [3.8, 4) is 5.88 Å². The van der Waals surface area contributed by atoms with Crippen molar-refractivity contribution in [2.24, 2.45) is 17.8 Å². The van der Waals surface area contributed by atoms with Crippen LogP contribution >= 0.6 is 0 Å². The van der Waals surface area contributed by atoms with Gasteiger partial charge in [0.2, 0.25) is 11.8 Å². The molecule has 148 valence electrons. The Bertz CT molecular complexity index is 695. The van der Waals surface area contributed by atoms with E-state index in [2.05, 4.69) is 35.1 Å². The Balaban J connectivity index is 1.39. The van der Waals surface area contributed by atoms with E-state index in [4.69, 9.17) is 9.47 Å². The minimum absolute atomic E-state index is 0.00474. The van der Waals surface area contributed by atoms with Gasteiger partial charge in [-0.05, 0) is 30.4 Å². The number of hydrogen-bond donors (Lipinski definition) is 1. The van der Waals surface area contributed by atoms with Crippen molar-refractivity contribution in [3.05, 3.63) is 23.9 Å². The molecule has 0 aromatic carbocycles. The summed E-state index contributed by atoms with van der Waals surface area (Å²) in [4.78, 5) is 18.8. The lowest BCUT2D eigenvalue weighted by Gasteiger charge is -2.29. The highest BCUT2D eigenvalue weighted by Gasteiger charge is 2.62. The summed E-state index contributed by atoms with van der Waals surface area (Å²) in [6.45, 7) is 7.81. The summed E-state index contributed by atoms with van der Waals surface area (Å²) in [5.74, 6) is 2.17. The molecule has 1 amide bonds. The van der Waals surface area contributed by atoms with Gasteiger partial charge >= 0.3 is 0 Å². The third kappa shape index (κ3) is 3.69. The van der Waals surface area contributed by atoms with E-state index in [0.717, 1.165) is 39.0 Å². The number of carbonyl (C=O) groups is 1. The molecule has 1 spiro atoms. The van der Waals surface area contributed by atoms with Gasteiger partial charge in [-0.25, -0.2) is 4.98 Å². The quantitative estimate of drug-likeness (QED) is 0.794. The first kappa shape index (κ1) is 18.7. The number of fused-ring (bicyclic) bond motifs is 1. The monoisotopic (exact) mass is 373 g/mol.